The van der Waals surface area contributed by atoms with Crippen LogP contribution in [0.3, 0.4) is 0 Å². The van der Waals surface area contributed by atoms with Crippen molar-refractivity contribution in [3.63, 3.8) is 0 Å². The first-order chi connectivity index (χ1) is 9.39. The van der Waals surface area contributed by atoms with Crippen LogP contribution in [0.1, 0.15) is 44.2 Å². The molecule has 7 heteroatoms. The Morgan fingerprint density at radius 1 is 1.10 bits per heavy atom. The summed E-state index contributed by atoms with van der Waals surface area (Å²) >= 11 is 0. The number of rotatable bonds is 3. The molecule has 1 aliphatic rings. The Labute approximate surface area is 115 Å². The maximum Gasteiger partial charge on any atom is 0.435 e. The lowest BCUT2D eigenvalue weighted by molar-refractivity contribution is -0.141. The number of nitrogens with one attached hydrogen (secondary N) is 1. The summed E-state index contributed by atoms with van der Waals surface area (Å²) < 4.78 is 37.0. The zero-order valence-electron chi connectivity index (χ0n) is 11.1. The number of hydrogen-bond donors (Lipinski definition) is 2. The van der Waals surface area contributed by atoms with Gasteiger partial charge in [-0.1, -0.05) is 25.7 Å². The van der Waals surface area contributed by atoms with Crippen molar-refractivity contribution < 1.29 is 18.3 Å². The molecule has 1 fully saturated rings. The van der Waals surface area contributed by atoms with Gasteiger partial charge in [0.25, 0.3) is 0 Å². The molecule has 0 radical (unpaired) electrons. The predicted octanol–water partition coefficient (Wildman–Crippen LogP) is 2.99. The highest BCUT2D eigenvalue weighted by molar-refractivity contribution is 5.33. The van der Waals surface area contributed by atoms with E-state index in [9.17, 15) is 18.3 Å². The third kappa shape index (κ3) is 4.06. The molecule has 0 aromatic carbocycles. The molecule has 112 valence electrons. The summed E-state index contributed by atoms with van der Waals surface area (Å²) in [6.45, 7) is 0.285. The maximum absolute atomic E-state index is 12.3. The largest absolute Gasteiger partial charge is 0.435 e. The normalized spacial score (nSPS) is 19.4. The van der Waals surface area contributed by atoms with Gasteiger partial charge < -0.3 is 10.4 Å². The van der Waals surface area contributed by atoms with Gasteiger partial charge in [0.05, 0.1) is 5.60 Å². The van der Waals surface area contributed by atoms with E-state index in [1.54, 1.807) is 0 Å². The number of hydrogen-bond acceptors (Lipinski definition) is 4. The zero-order chi connectivity index (χ0) is 14.6. The molecule has 20 heavy (non-hydrogen) atoms. The summed E-state index contributed by atoms with van der Waals surface area (Å²) in [7, 11) is 0. The molecule has 1 heterocycles. The van der Waals surface area contributed by atoms with Crippen LogP contribution in [0.15, 0.2) is 12.1 Å². The molecule has 1 aromatic rings. The van der Waals surface area contributed by atoms with Crippen molar-refractivity contribution in [3.8, 4) is 0 Å². The fourth-order valence-electron chi connectivity index (χ4n) is 2.40. The van der Waals surface area contributed by atoms with E-state index in [1.807, 2.05) is 0 Å². The second-order valence-corrected chi connectivity index (χ2v) is 5.29. The van der Waals surface area contributed by atoms with Crippen molar-refractivity contribution in [2.45, 2.75) is 50.3 Å². The molecule has 2 rings (SSSR count). The summed E-state index contributed by atoms with van der Waals surface area (Å²) in [5.74, 6) is 0.246. The summed E-state index contributed by atoms with van der Waals surface area (Å²) in [5, 5.41) is 19.9. The van der Waals surface area contributed by atoms with Crippen molar-refractivity contribution in [1.82, 2.24) is 10.2 Å². The van der Waals surface area contributed by atoms with Gasteiger partial charge in [0.15, 0.2) is 5.69 Å². The van der Waals surface area contributed by atoms with Gasteiger partial charge in [-0.2, -0.15) is 13.2 Å². The topological polar surface area (TPSA) is 58.0 Å². The van der Waals surface area contributed by atoms with E-state index in [4.69, 9.17) is 0 Å². The summed E-state index contributed by atoms with van der Waals surface area (Å²) in [5.41, 5.74) is -1.82. The van der Waals surface area contributed by atoms with Gasteiger partial charge in [0, 0.05) is 6.54 Å². The van der Waals surface area contributed by atoms with Crippen molar-refractivity contribution in [3.05, 3.63) is 17.8 Å². The first-order valence-electron chi connectivity index (χ1n) is 6.76. The van der Waals surface area contributed by atoms with Crippen LogP contribution in [0.5, 0.6) is 0 Å². The molecule has 0 saturated heterocycles. The number of nitrogens with zero attached hydrogens (tertiary/aromatic N) is 2. The quantitative estimate of drug-likeness (QED) is 0.840. The Balaban J connectivity index is 1.93. The van der Waals surface area contributed by atoms with E-state index in [0.717, 1.165) is 31.7 Å². The van der Waals surface area contributed by atoms with Crippen molar-refractivity contribution in [2.24, 2.45) is 0 Å². The third-order valence-electron chi connectivity index (χ3n) is 3.59. The van der Waals surface area contributed by atoms with Crippen LogP contribution in [0.2, 0.25) is 0 Å². The van der Waals surface area contributed by atoms with E-state index in [0.29, 0.717) is 12.8 Å². The van der Waals surface area contributed by atoms with Crippen molar-refractivity contribution >= 4 is 5.82 Å². The smallest absolute Gasteiger partial charge is 0.388 e. The van der Waals surface area contributed by atoms with Crippen molar-refractivity contribution in [2.75, 3.05) is 11.9 Å². The maximum atomic E-state index is 12.3. The van der Waals surface area contributed by atoms with Crippen LogP contribution < -0.4 is 5.32 Å². The third-order valence-corrected chi connectivity index (χ3v) is 3.59. The van der Waals surface area contributed by atoms with Gasteiger partial charge in [0.1, 0.15) is 5.82 Å². The van der Waals surface area contributed by atoms with E-state index < -0.39 is 17.5 Å². The second kappa shape index (κ2) is 5.95. The Kier molecular flexibility index (Phi) is 4.47. The fraction of sp³-hybridized carbons (Fsp3) is 0.692. The summed E-state index contributed by atoms with van der Waals surface area (Å²) in [6, 6.07) is 2.11. The predicted molar refractivity (Wildman–Crippen MR) is 68.2 cm³/mol. The average Bonchev–Trinajstić information content (AvgIpc) is 2.61. The van der Waals surface area contributed by atoms with Gasteiger partial charge in [-0.15, -0.1) is 10.2 Å². The molecule has 2 N–H and O–H groups in total. The number of anilines is 1. The first-order valence-corrected chi connectivity index (χ1v) is 6.76. The zero-order valence-corrected chi connectivity index (χ0v) is 11.1. The molecule has 0 aliphatic heterocycles. The average molecular weight is 289 g/mol. The van der Waals surface area contributed by atoms with Gasteiger partial charge in [-0.25, -0.2) is 0 Å². The molecule has 0 atom stereocenters. The number of aliphatic hydroxyl groups is 1. The Bertz CT molecular complexity index is 425. The summed E-state index contributed by atoms with van der Waals surface area (Å²) in [4.78, 5) is 0. The van der Waals surface area contributed by atoms with Gasteiger partial charge in [0.2, 0.25) is 0 Å². The standard InChI is InChI=1S/C13H18F3N3O/c14-13(15,16)10-5-6-11(19-18-10)17-9-12(20)7-3-1-2-4-8-12/h5-6,20H,1-4,7-9H2,(H,17,19). The first kappa shape index (κ1) is 15.0. The van der Waals surface area contributed by atoms with Crippen molar-refractivity contribution in [1.29, 1.82) is 0 Å². The fourth-order valence-corrected chi connectivity index (χ4v) is 2.40. The molecular formula is C13H18F3N3O. The molecule has 1 saturated carbocycles. The number of alkyl halides is 3. The number of aromatic nitrogens is 2. The molecule has 0 bridgehead atoms. The lowest BCUT2D eigenvalue weighted by atomic mass is 9.94. The van der Waals surface area contributed by atoms with Crippen LogP contribution in [-0.4, -0.2) is 27.4 Å². The molecule has 1 aliphatic carbocycles. The molecule has 0 amide bonds. The minimum Gasteiger partial charge on any atom is -0.388 e. The van der Waals surface area contributed by atoms with E-state index in [2.05, 4.69) is 15.5 Å². The van der Waals surface area contributed by atoms with Gasteiger partial charge >= 0.3 is 6.18 Å². The molecule has 0 unspecified atom stereocenters. The van der Waals surface area contributed by atoms with Crippen LogP contribution >= 0.6 is 0 Å². The Hall–Kier alpha value is -1.37. The minimum absolute atomic E-state index is 0.246. The van der Waals surface area contributed by atoms with Crippen LogP contribution in [0.4, 0.5) is 19.0 Å². The molecule has 0 spiro atoms. The van der Waals surface area contributed by atoms with E-state index in [1.165, 1.54) is 6.07 Å². The lowest BCUT2D eigenvalue weighted by Crippen LogP contribution is -2.36. The van der Waals surface area contributed by atoms with Crippen LogP contribution in [-0.2, 0) is 6.18 Å². The van der Waals surface area contributed by atoms with Crippen LogP contribution in [0.25, 0.3) is 0 Å². The highest BCUT2D eigenvalue weighted by atomic mass is 19.4. The van der Waals surface area contributed by atoms with E-state index in [-0.39, 0.29) is 12.4 Å². The van der Waals surface area contributed by atoms with E-state index >= 15 is 0 Å². The summed E-state index contributed by atoms with van der Waals surface area (Å²) in [6.07, 6.45) is 1.09. The number of halogens is 3. The monoisotopic (exact) mass is 289 g/mol. The highest BCUT2D eigenvalue weighted by Gasteiger charge is 2.33. The Morgan fingerprint density at radius 2 is 1.75 bits per heavy atom. The lowest BCUT2D eigenvalue weighted by Gasteiger charge is -2.26. The highest BCUT2D eigenvalue weighted by Crippen LogP contribution is 2.28. The minimum atomic E-state index is -4.48. The molecule has 1 aromatic heterocycles. The SMILES string of the molecule is OC1(CNc2ccc(C(F)(F)F)nn2)CCCCCC1. The van der Waals surface area contributed by atoms with Crippen LogP contribution in [0, 0.1) is 0 Å². The van der Waals surface area contributed by atoms with Gasteiger partial charge in [-0.3, -0.25) is 0 Å². The Morgan fingerprint density at radius 3 is 2.25 bits per heavy atom. The molecule has 4 nitrogen and oxygen atoms in total. The second-order valence-electron chi connectivity index (χ2n) is 5.29. The molecular weight excluding hydrogens is 271 g/mol. The van der Waals surface area contributed by atoms with Gasteiger partial charge in [-0.05, 0) is 25.0 Å².